The number of rotatable bonds is 9. The molecule has 0 N–H and O–H groups in total. The molecule has 3 fully saturated rings. The molecule has 0 amide bonds. The zero-order valence-electron chi connectivity index (χ0n) is 68.4. The van der Waals surface area contributed by atoms with E-state index in [1.165, 1.54) is 125 Å². The van der Waals surface area contributed by atoms with E-state index in [1.54, 1.807) is 0 Å². The van der Waals surface area contributed by atoms with E-state index < -0.39 is 14.0 Å². The Morgan fingerprint density at radius 2 is 0.508 bits per heavy atom. The molecule has 9 nitrogen and oxygen atoms in total. The van der Waals surface area contributed by atoms with Crippen LogP contribution in [0.25, 0.3) is 127 Å². The van der Waals surface area contributed by atoms with Crippen LogP contribution in [-0.2, 0) is 27.9 Å². The maximum absolute atomic E-state index is 6.30. The average Bonchev–Trinajstić information content (AvgIpc) is 1.60. The van der Waals surface area contributed by atoms with Crippen molar-refractivity contribution in [1.29, 1.82) is 0 Å². The van der Waals surface area contributed by atoms with Crippen molar-refractivity contribution in [2.75, 3.05) is 0 Å². The van der Waals surface area contributed by atoms with E-state index in [4.69, 9.17) is 27.9 Å². The third-order valence-corrected chi connectivity index (χ3v) is 26.2. The predicted octanol–water partition coefficient (Wildman–Crippen LogP) is 28.1. The third kappa shape index (κ3) is 16.9. The Morgan fingerprint density at radius 1 is 0.229 bits per heavy atom. The van der Waals surface area contributed by atoms with Gasteiger partial charge in [0.15, 0.2) is 0 Å². The van der Waals surface area contributed by atoms with Gasteiger partial charge in [0.2, 0.25) is 0 Å². The molecular weight excluding hydrogens is 1760 g/mol. The van der Waals surface area contributed by atoms with Gasteiger partial charge in [-0.3, -0.25) is 0 Å². The fourth-order valence-corrected chi connectivity index (χ4v) is 16.8. The smallest absolute Gasteiger partial charge is 0.405 e. The Hall–Kier alpha value is -9.40. The first kappa shape index (κ1) is 82.3. The molecule has 14 aromatic carbocycles. The second-order valence-electron chi connectivity index (χ2n) is 33.3. The van der Waals surface area contributed by atoms with E-state index in [-0.39, 0.29) is 40.7 Å². The molecule has 17 aromatic rings. The number of para-hydroxylation sites is 6. The lowest BCUT2D eigenvalue weighted by molar-refractivity contribution is 0.00578. The molecule has 3 aliphatic rings. The minimum atomic E-state index is -0.476. The van der Waals surface area contributed by atoms with Crippen LogP contribution in [0.3, 0.4) is 0 Å². The maximum Gasteiger partial charge on any atom is 0.494 e. The number of aromatic nitrogens is 3. The summed E-state index contributed by atoms with van der Waals surface area (Å²) in [5.41, 5.74) is 19.5. The van der Waals surface area contributed by atoms with E-state index in [1.807, 2.05) is 67.5 Å². The van der Waals surface area contributed by atoms with Crippen LogP contribution in [0, 0.1) is 3.57 Å². The van der Waals surface area contributed by atoms with E-state index in [0.717, 1.165) is 24.4 Å². The molecule has 0 radical (unpaired) electrons. The zero-order valence-corrected chi connectivity index (χ0v) is 75.3. The van der Waals surface area contributed by atoms with Gasteiger partial charge in [0.05, 0.1) is 66.7 Å². The number of benzene rings is 14. The summed E-state index contributed by atoms with van der Waals surface area (Å²) in [5, 5.41) is 7.61. The molecule has 0 spiro atoms. The largest absolute Gasteiger partial charge is 0.494 e. The van der Waals surface area contributed by atoms with E-state index in [0.29, 0.717) is 0 Å². The highest BCUT2D eigenvalue weighted by Crippen LogP contribution is 2.45. The maximum atomic E-state index is 6.30. The summed E-state index contributed by atoms with van der Waals surface area (Å²) in [4.78, 5) is 0. The molecule has 0 saturated carbocycles. The van der Waals surface area contributed by atoms with Crippen molar-refractivity contribution in [1.82, 2.24) is 13.7 Å². The van der Waals surface area contributed by atoms with Crippen LogP contribution in [-0.4, -0.2) is 68.4 Å². The number of fused-ring (bicyclic) bond motifs is 9. The number of nitrogens with zero attached hydrogens (tertiary/aromatic N) is 3. The van der Waals surface area contributed by atoms with E-state index >= 15 is 0 Å². The van der Waals surface area contributed by atoms with Crippen molar-refractivity contribution in [2.45, 2.75) is 117 Å². The van der Waals surface area contributed by atoms with Gasteiger partial charge in [-0.2, -0.15) is 0 Å². The normalized spacial score (nSPS) is 15.9. The molecule has 0 bridgehead atoms. The van der Waals surface area contributed by atoms with Crippen molar-refractivity contribution in [2.24, 2.45) is 0 Å². The minimum Gasteiger partial charge on any atom is -0.405 e. The highest BCUT2D eigenvalue weighted by Gasteiger charge is 2.64. The monoisotopic (exact) mass is 1850 g/mol. The Kier molecular flexibility index (Phi) is 23.5. The molecule has 3 aromatic heterocycles. The van der Waals surface area contributed by atoms with Crippen LogP contribution in [0.2, 0.25) is 0 Å². The molecule has 118 heavy (non-hydrogen) atoms. The quantitative estimate of drug-likeness (QED) is 0.106. The van der Waals surface area contributed by atoms with Crippen molar-refractivity contribution in [3.8, 4) is 61.6 Å². The average molecular weight is 1850 g/mol. The molecule has 20 rings (SSSR count). The van der Waals surface area contributed by atoms with Crippen molar-refractivity contribution >= 4 is 162 Å². The third-order valence-electron chi connectivity index (χ3n) is 23.9. The first-order chi connectivity index (χ1) is 56.6. The molecule has 6 heterocycles. The molecule has 16 heteroatoms. The second-order valence-corrected chi connectivity index (χ2v) is 37.3. The van der Waals surface area contributed by atoms with Crippen LogP contribution >= 0.6 is 70.4 Å². The Labute approximate surface area is 732 Å². The van der Waals surface area contributed by atoms with Crippen molar-refractivity contribution < 1.29 is 27.9 Å². The van der Waals surface area contributed by atoms with Gasteiger partial charge in [-0.15, -0.1) is 0 Å². The molecule has 3 aliphatic heterocycles. The lowest BCUT2D eigenvalue weighted by Crippen LogP contribution is -2.41. The molecular formula is C102H92B3Br3IN3O6. The fourth-order valence-electron chi connectivity index (χ4n) is 15.5. The van der Waals surface area contributed by atoms with E-state index in [9.17, 15) is 0 Å². The number of hydrogen-bond acceptors (Lipinski definition) is 6. The second kappa shape index (κ2) is 33.7. The Bertz CT molecular complexity index is 6390. The highest BCUT2D eigenvalue weighted by molar-refractivity contribution is 14.1. The standard InChI is InChI=1S/C30H28BNO2.C30H20BrN.C24H16BrN.C12H24B2O4.C6H4BrI/c1-29(2)30(3,4)34-31(33-29)23-12-10-11-21(19-23)22-17-18-28-26(20-22)25-15-8-9-16-27(25)32(28)24-13-6-5-7-14-24;31-25-16-13-21(14-17-25)22-7-6-8-23(19-22)24-15-18-30-28(20-24)27-11-4-5-12-29(27)32(30)26-9-2-1-3-10-26;25-19-8-6-7-17(15-19)18-13-14-24-22(16-18)21-11-4-5-12-23(21)26(24)20-9-2-1-3-10-20;1-9(2)10(3,4)16-13(15-9)14-17-11(5,6)12(7,8)18-14;7-5-1-3-6(8)4-2-5/h5-20H,1-4H3;1-20H;1-16H;1-8H3;1-4H. The van der Waals surface area contributed by atoms with Crippen LogP contribution < -0.4 is 5.46 Å². The van der Waals surface area contributed by atoms with Crippen molar-refractivity contribution in [3.63, 3.8) is 0 Å². The van der Waals surface area contributed by atoms with E-state index in [2.05, 4.69) is 439 Å². The number of hydrogen-bond donors (Lipinski definition) is 0. The summed E-state index contributed by atoms with van der Waals surface area (Å²) in [6, 6.07) is 120. The minimum absolute atomic E-state index is 0.355. The summed E-state index contributed by atoms with van der Waals surface area (Å²) < 4.78 is 48.1. The fraction of sp³-hybridized carbons (Fsp3) is 0.176. The first-order valence-corrected chi connectivity index (χ1v) is 43.5. The SMILES string of the molecule is Brc1ccc(-c2cccc(-c3ccc4c(c3)c3ccccc3n4-c3ccccc3)c2)cc1.Brc1ccc(I)cc1.Brc1cccc(-c2ccc3c(c2)c2ccccc2n3-c2ccccc2)c1.CC1(C)OB(B2OC(C)(C)C(C)(C)O2)OC1(C)C.CC1(C)OB(c2cccc(-c3ccc4c(c3)c3ccccc3n4-c3ccccc3)c2)OC1(C)C. The summed E-state index contributed by atoms with van der Waals surface area (Å²) in [6.45, 7) is 24.6. The van der Waals surface area contributed by atoms with Crippen LogP contribution in [0.1, 0.15) is 83.1 Å². The number of halogens is 4. The van der Waals surface area contributed by atoms with Crippen LogP contribution in [0.5, 0.6) is 0 Å². The van der Waals surface area contributed by atoms with Crippen LogP contribution in [0.15, 0.2) is 353 Å². The molecule has 588 valence electrons. The molecule has 0 aliphatic carbocycles. The van der Waals surface area contributed by atoms with Gasteiger partial charge in [0, 0.05) is 66.4 Å². The Balaban J connectivity index is 0.000000116. The van der Waals surface area contributed by atoms with Crippen molar-refractivity contribution in [3.05, 3.63) is 357 Å². The molecule has 0 atom stereocenters. The topological polar surface area (TPSA) is 70.2 Å². The van der Waals surface area contributed by atoms with Crippen LogP contribution in [0.4, 0.5) is 0 Å². The van der Waals surface area contributed by atoms with Gasteiger partial charge in [0.25, 0.3) is 0 Å². The summed E-state index contributed by atoms with van der Waals surface area (Å²) in [7, 11) is -1.32. The van der Waals surface area contributed by atoms with Gasteiger partial charge < -0.3 is 41.6 Å². The first-order valence-electron chi connectivity index (χ1n) is 40.1. The lowest BCUT2D eigenvalue weighted by atomic mass is 9.49. The zero-order chi connectivity index (χ0) is 82.5. The highest BCUT2D eigenvalue weighted by atomic mass is 127. The Morgan fingerprint density at radius 3 is 0.873 bits per heavy atom. The lowest BCUT2D eigenvalue weighted by Gasteiger charge is -2.32. The van der Waals surface area contributed by atoms with Gasteiger partial charge in [-0.1, -0.05) is 242 Å². The molecule has 3 saturated heterocycles. The van der Waals surface area contributed by atoms with Gasteiger partial charge >= 0.3 is 21.1 Å². The summed E-state index contributed by atoms with van der Waals surface area (Å²) >= 11 is 12.7. The molecule has 0 unspecified atom stereocenters. The van der Waals surface area contributed by atoms with Gasteiger partial charge in [0.1, 0.15) is 0 Å². The predicted molar refractivity (Wildman–Crippen MR) is 514 cm³/mol. The summed E-state index contributed by atoms with van der Waals surface area (Å²) in [6.07, 6.45) is 0. The van der Waals surface area contributed by atoms with Gasteiger partial charge in [-0.25, -0.2) is 0 Å². The summed E-state index contributed by atoms with van der Waals surface area (Å²) in [5.74, 6) is 0. The van der Waals surface area contributed by atoms with Gasteiger partial charge in [-0.05, 0) is 301 Å².